The van der Waals surface area contributed by atoms with Gasteiger partial charge in [0.05, 0.1) is 13.5 Å². The molecule has 0 bridgehead atoms. The molecule has 0 aliphatic rings. The number of carboxylic acids is 1. The van der Waals surface area contributed by atoms with Crippen molar-refractivity contribution in [2.75, 3.05) is 7.11 Å². The van der Waals surface area contributed by atoms with Crippen LogP contribution in [0.5, 0.6) is 5.75 Å². The standard InChI is InChI=1S/C16H23NO4/c1-5-16(6-2,15(19)20)17-14(18)10-12-9-11(3)7-8-13(12)21-4/h7-9H,5-6,10H2,1-4H3,(H,17,18)(H,19,20). The second-order valence-corrected chi connectivity index (χ2v) is 5.13. The minimum atomic E-state index is -1.20. The third-order valence-corrected chi connectivity index (χ3v) is 3.78. The van der Waals surface area contributed by atoms with Crippen molar-refractivity contribution in [2.24, 2.45) is 0 Å². The Morgan fingerprint density at radius 1 is 1.29 bits per heavy atom. The molecule has 0 atom stereocenters. The summed E-state index contributed by atoms with van der Waals surface area (Å²) < 4.78 is 5.24. The first kappa shape index (κ1) is 17.0. The first-order chi connectivity index (χ1) is 9.88. The van der Waals surface area contributed by atoms with E-state index in [1.165, 1.54) is 0 Å². The van der Waals surface area contributed by atoms with Crippen LogP contribution in [-0.2, 0) is 16.0 Å². The van der Waals surface area contributed by atoms with Gasteiger partial charge in [-0.15, -0.1) is 0 Å². The Bertz CT molecular complexity index is 521. The molecule has 0 aromatic heterocycles. The molecule has 0 fully saturated rings. The van der Waals surface area contributed by atoms with Crippen molar-refractivity contribution in [3.05, 3.63) is 29.3 Å². The van der Waals surface area contributed by atoms with E-state index in [9.17, 15) is 14.7 Å². The van der Waals surface area contributed by atoms with E-state index < -0.39 is 11.5 Å². The van der Waals surface area contributed by atoms with Crippen molar-refractivity contribution in [1.29, 1.82) is 0 Å². The maximum atomic E-state index is 12.2. The van der Waals surface area contributed by atoms with Crippen molar-refractivity contribution in [2.45, 2.75) is 45.6 Å². The molecule has 5 nitrogen and oxygen atoms in total. The summed E-state index contributed by atoms with van der Waals surface area (Å²) in [5, 5.41) is 12.0. The van der Waals surface area contributed by atoms with Gasteiger partial charge in [0, 0.05) is 5.56 Å². The number of ether oxygens (including phenoxy) is 1. The minimum Gasteiger partial charge on any atom is -0.496 e. The smallest absolute Gasteiger partial charge is 0.329 e. The highest BCUT2D eigenvalue weighted by molar-refractivity contribution is 5.88. The van der Waals surface area contributed by atoms with Gasteiger partial charge in [0.15, 0.2) is 0 Å². The Balaban J connectivity index is 2.91. The molecule has 1 aromatic carbocycles. The van der Waals surface area contributed by atoms with Crippen LogP contribution in [0.1, 0.15) is 37.8 Å². The Labute approximate surface area is 125 Å². The summed E-state index contributed by atoms with van der Waals surface area (Å²) in [6.45, 7) is 5.44. The highest BCUT2D eigenvalue weighted by Gasteiger charge is 2.36. The van der Waals surface area contributed by atoms with E-state index in [1.54, 1.807) is 21.0 Å². The molecule has 116 valence electrons. The molecule has 0 radical (unpaired) electrons. The molecule has 0 saturated carbocycles. The van der Waals surface area contributed by atoms with Crippen molar-refractivity contribution >= 4 is 11.9 Å². The van der Waals surface area contributed by atoms with Gasteiger partial charge in [0.2, 0.25) is 5.91 Å². The second-order valence-electron chi connectivity index (χ2n) is 5.13. The number of aryl methyl sites for hydroxylation is 1. The van der Waals surface area contributed by atoms with Crippen molar-refractivity contribution < 1.29 is 19.4 Å². The van der Waals surface area contributed by atoms with Gasteiger partial charge >= 0.3 is 5.97 Å². The maximum Gasteiger partial charge on any atom is 0.329 e. The molecule has 0 unspecified atom stereocenters. The lowest BCUT2D eigenvalue weighted by atomic mass is 9.92. The molecule has 21 heavy (non-hydrogen) atoms. The fourth-order valence-electron chi connectivity index (χ4n) is 2.31. The molecule has 0 aliphatic heterocycles. The summed E-state index contributed by atoms with van der Waals surface area (Å²) in [6, 6.07) is 5.58. The topological polar surface area (TPSA) is 75.6 Å². The Kier molecular flexibility index (Phi) is 5.76. The summed E-state index contributed by atoms with van der Waals surface area (Å²) in [5.41, 5.74) is 0.573. The molecule has 2 N–H and O–H groups in total. The number of nitrogens with one attached hydrogen (secondary N) is 1. The number of carboxylic acid groups (broad SMARTS) is 1. The third-order valence-electron chi connectivity index (χ3n) is 3.78. The maximum absolute atomic E-state index is 12.2. The van der Waals surface area contributed by atoms with Crippen molar-refractivity contribution in [3.8, 4) is 5.75 Å². The molecule has 0 spiro atoms. The van der Waals surface area contributed by atoms with Gasteiger partial charge in [-0.1, -0.05) is 31.5 Å². The molecule has 1 amide bonds. The number of carbonyl (C=O) groups is 2. The number of hydrogen-bond acceptors (Lipinski definition) is 3. The van der Waals surface area contributed by atoms with E-state index in [0.29, 0.717) is 18.6 Å². The SMILES string of the molecule is CCC(CC)(NC(=O)Cc1cc(C)ccc1OC)C(=O)O. The zero-order chi connectivity index (χ0) is 16.0. The first-order valence-electron chi connectivity index (χ1n) is 7.06. The highest BCUT2D eigenvalue weighted by atomic mass is 16.5. The van der Waals surface area contributed by atoms with Crippen LogP contribution < -0.4 is 10.1 Å². The van der Waals surface area contributed by atoms with Gasteiger partial charge in [-0.25, -0.2) is 4.79 Å². The summed E-state index contributed by atoms with van der Waals surface area (Å²) in [5.74, 6) is -0.688. The van der Waals surface area contributed by atoms with Gasteiger partial charge in [-0.2, -0.15) is 0 Å². The molecular formula is C16H23NO4. The van der Waals surface area contributed by atoms with Crippen molar-refractivity contribution in [1.82, 2.24) is 5.32 Å². The summed E-state index contributed by atoms with van der Waals surface area (Å²) in [4.78, 5) is 23.6. The van der Waals surface area contributed by atoms with Crippen LogP contribution in [0.25, 0.3) is 0 Å². The molecule has 1 rings (SSSR count). The van der Waals surface area contributed by atoms with E-state index in [4.69, 9.17) is 4.74 Å². The summed E-state index contributed by atoms with van der Waals surface area (Å²) >= 11 is 0. The van der Waals surface area contributed by atoms with E-state index >= 15 is 0 Å². The summed E-state index contributed by atoms with van der Waals surface area (Å²) in [7, 11) is 1.55. The molecule has 0 saturated heterocycles. The van der Waals surface area contributed by atoms with Crippen LogP contribution in [0, 0.1) is 6.92 Å². The Morgan fingerprint density at radius 3 is 2.38 bits per heavy atom. The normalized spacial score (nSPS) is 11.0. The van der Waals surface area contributed by atoms with E-state index in [1.807, 2.05) is 25.1 Å². The third kappa shape index (κ3) is 3.97. The molecule has 1 aromatic rings. The minimum absolute atomic E-state index is 0.0971. The van der Waals surface area contributed by atoms with Gasteiger partial charge < -0.3 is 15.2 Å². The number of carbonyl (C=O) groups excluding carboxylic acids is 1. The predicted octanol–water partition coefficient (Wildman–Crippen LogP) is 2.31. The average molecular weight is 293 g/mol. The highest BCUT2D eigenvalue weighted by Crippen LogP contribution is 2.21. The van der Waals surface area contributed by atoms with Crippen molar-refractivity contribution in [3.63, 3.8) is 0 Å². The fraction of sp³-hybridized carbons (Fsp3) is 0.500. The van der Waals surface area contributed by atoms with Crippen LogP contribution in [0.2, 0.25) is 0 Å². The lowest BCUT2D eigenvalue weighted by Crippen LogP contribution is -2.54. The summed E-state index contributed by atoms with van der Waals surface area (Å²) in [6.07, 6.45) is 0.783. The van der Waals surface area contributed by atoms with E-state index in [0.717, 1.165) is 11.1 Å². The van der Waals surface area contributed by atoms with Crippen LogP contribution in [0.15, 0.2) is 18.2 Å². The van der Waals surface area contributed by atoms with Gasteiger partial charge in [0.25, 0.3) is 0 Å². The van der Waals surface area contributed by atoms with Crippen LogP contribution in [0.3, 0.4) is 0 Å². The average Bonchev–Trinajstić information content (AvgIpc) is 2.44. The lowest BCUT2D eigenvalue weighted by Gasteiger charge is -2.28. The number of benzene rings is 1. The predicted molar refractivity (Wildman–Crippen MR) is 80.5 cm³/mol. The van der Waals surface area contributed by atoms with Gasteiger partial charge in [0.1, 0.15) is 11.3 Å². The molecule has 5 heteroatoms. The number of aliphatic carboxylic acids is 1. The van der Waals surface area contributed by atoms with E-state index in [2.05, 4.69) is 5.32 Å². The molecule has 0 heterocycles. The zero-order valence-electron chi connectivity index (χ0n) is 13.0. The molecule has 0 aliphatic carbocycles. The lowest BCUT2D eigenvalue weighted by molar-refractivity contribution is -0.148. The van der Waals surface area contributed by atoms with E-state index in [-0.39, 0.29) is 12.3 Å². The monoisotopic (exact) mass is 293 g/mol. The fourth-order valence-corrected chi connectivity index (χ4v) is 2.31. The Hall–Kier alpha value is -2.04. The number of methoxy groups -OCH3 is 1. The quantitative estimate of drug-likeness (QED) is 0.809. The number of hydrogen-bond donors (Lipinski definition) is 2. The van der Waals surface area contributed by atoms with Gasteiger partial charge in [-0.3, -0.25) is 4.79 Å². The van der Waals surface area contributed by atoms with Crippen LogP contribution in [0.4, 0.5) is 0 Å². The second kappa shape index (κ2) is 7.11. The first-order valence-corrected chi connectivity index (χ1v) is 7.06. The number of amides is 1. The zero-order valence-corrected chi connectivity index (χ0v) is 13.0. The largest absolute Gasteiger partial charge is 0.496 e. The molecular weight excluding hydrogens is 270 g/mol. The van der Waals surface area contributed by atoms with Crippen LogP contribution >= 0.6 is 0 Å². The number of rotatable bonds is 7. The van der Waals surface area contributed by atoms with Gasteiger partial charge in [-0.05, 0) is 25.8 Å². The Morgan fingerprint density at radius 2 is 1.90 bits per heavy atom. The van der Waals surface area contributed by atoms with Crippen LogP contribution in [-0.4, -0.2) is 29.6 Å².